The monoisotopic (exact) mass is 312 g/mol. The standard InChI is InChI=1S/C18H20N2O3/c1-2-3-11-4-5-13-12(10-11)18(8-9-18)17(23)20(13)14-6-7-15(21)19-16(14)22/h4-5,10,14H,2-3,6-9H2,1H3,(H,19,21,22). The van der Waals surface area contributed by atoms with Crippen LogP contribution in [0, 0.1) is 0 Å². The molecule has 1 N–H and O–H groups in total. The Labute approximate surface area is 135 Å². The number of rotatable bonds is 3. The normalized spacial score (nSPS) is 24.8. The van der Waals surface area contributed by atoms with Gasteiger partial charge in [0, 0.05) is 12.1 Å². The second-order valence-electron chi connectivity index (χ2n) is 6.83. The van der Waals surface area contributed by atoms with Gasteiger partial charge in [0.2, 0.25) is 17.7 Å². The van der Waals surface area contributed by atoms with Crippen LogP contribution in [-0.4, -0.2) is 23.8 Å². The van der Waals surface area contributed by atoms with Crippen LogP contribution in [0.15, 0.2) is 18.2 Å². The van der Waals surface area contributed by atoms with Crippen LogP contribution in [0.3, 0.4) is 0 Å². The van der Waals surface area contributed by atoms with Crippen molar-refractivity contribution in [1.82, 2.24) is 5.32 Å². The van der Waals surface area contributed by atoms with Crippen molar-refractivity contribution in [2.45, 2.75) is 56.9 Å². The lowest BCUT2D eigenvalue weighted by Crippen LogP contribution is -2.54. The van der Waals surface area contributed by atoms with Gasteiger partial charge in [0.05, 0.1) is 5.41 Å². The molecule has 1 spiro atoms. The maximum atomic E-state index is 13.0. The summed E-state index contributed by atoms with van der Waals surface area (Å²) in [6, 6.07) is 5.62. The van der Waals surface area contributed by atoms with E-state index in [1.807, 2.05) is 6.07 Å². The van der Waals surface area contributed by atoms with Crippen LogP contribution in [0.5, 0.6) is 0 Å². The number of nitrogens with zero attached hydrogens (tertiary/aromatic N) is 1. The Morgan fingerprint density at radius 1 is 1.26 bits per heavy atom. The SMILES string of the molecule is CCCc1ccc2c(c1)C1(CC1)C(=O)N2C1CCC(=O)NC1=O. The quantitative estimate of drug-likeness (QED) is 0.866. The fraction of sp³-hybridized carbons (Fsp3) is 0.500. The molecule has 5 nitrogen and oxygen atoms in total. The summed E-state index contributed by atoms with van der Waals surface area (Å²) in [7, 11) is 0. The minimum atomic E-state index is -0.559. The molecule has 1 aliphatic carbocycles. The van der Waals surface area contributed by atoms with Crippen LogP contribution in [0.1, 0.15) is 50.2 Å². The molecule has 1 aromatic carbocycles. The molecule has 2 fully saturated rings. The minimum Gasteiger partial charge on any atom is -0.299 e. The molecule has 2 heterocycles. The van der Waals surface area contributed by atoms with Gasteiger partial charge in [-0.2, -0.15) is 0 Å². The first-order valence-electron chi connectivity index (χ1n) is 8.37. The summed E-state index contributed by atoms with van der Waals surface area (Å²) in [6.45, 7) is 2.14. The Kier molecular flexibility index (Phi) is 3.08. The van der Waals surface area contributed by atoms with Gasteiger partial charge < -0.3 is 0 Å². The molecule has 3 amide bonds. The number of anilines is 1. The van der Waals surface area contributed by atoms with Gasteiger partial charge >= 0.3 is 0 Å². The van der Waals surface area contributed by atoms with E-state index in [0.717, 1.165) is 36.9 Å². The number of carbonyl (C=O) groups is 3. The topological polar surface area (TPSA) is 66.5 Å². The molecule has 0 radical (unpaired) electrons. The number of hydrogen-bond acceptors (Lipinski definition) is 3. The first-order chi connectivity index (χ1) is 11.1. The smallest absolute Gasteiger partial charge is 0.249 e. The van der Waals surface area contributed by atoms with Crippen LogP contribution < -0.4 is 10.2 Å². The van der Waals surface area contributed by atoms with Gasteiger partial charge in [-0.3, -0.25) is 24.6 Å². The predicted octanol–water partition coefficient (Wildman–Crippen LogP) is 1.82. The number of hydrogen-bond donors (Lipinski definition) is 1. The van der Waals surface area contributed by atoms with E-state index in [0.29, 0.717) is 6.42 Å². The molecule has 1 saturated heterocycles. The van der Waals surface area contributed by atoms with Gasteiger partial charge in [-0.05, 0) is 42.9 Å². The lowest BCUT2D eigenvalue weighted by Gasteiger charge is -2.30. The first kappa shape index (κ1) is 14.4. The second kappa shape index (κ2) is 4.91. The van der Waals surface area contributed by atoms with Crippen molar-refractivity contribution in [2.75, 3.05) is 4.90 Å². The molecule has 120 valence electrons. The molecule has 23 heavy (non-hydrogen) atoms. The fourth-order valence-corrected chi connectivity index (χ4v) is 3.92. The van der Waals surface area contributed by atoms with Crippen molar-refractivity contribution in [3.05, 3.63) is 29.3 Å². The molecule has 0 bridgehead atoms. The van der Waals surface area contributed by atoms with Gasteiger partial charge in [-0.1, -0.05) is 25.5 Å². The van der Waals surface area contributed by atoms with E-state index >= 15 is 0 Å². The summed E-state index contributed by atoms with van der Waals surface area (Å²) in [5, 5.41) is 2.37. The summed E-state index contributed by atoms with van der Waals surface area (Å²) in [4.78, 5) is 38.3. The van der Waals surface area contributed by atoms with E-state index in [1.54, 1.807) is 4.90 Å². The van der Waals surface area contributed by atoms with Gasteiger partial charge in [0.25, 0.3) is 0 Å². The van der Waals surface area contributed by atoms with Crippen molar-refractivity contribution in [2.24, 2.45) is 0 Å². The summed E-state index contributed by atoms with van der Waals surface area (Å²) in [5.74, 6) is -0.566. The molecule has 1 aromatic rings. The van der Waals surface area contributed by atoms with E-state index in [9.17, 15) is 14.4 Å². The number of amides is 3. The van der Waals surface area contributed by atoms with Gasteiger partial charge in [-0.25, -0.2) is 0 Å². The molecule has 5 heteroatoms. The van der Waals surface area contributed by atoms with E-state index in [2.05, 4.69) is 24.4 Å². The number of piperidine rings is 1. The first-order valence-corrected chi connectivity index (χ1v) is 8.37. The molecular weight excluding hydrogens is 292 g/mol. The number of aryl methyl sites for hydroxylation is 1. The summed E-state index contributed by atoms with van der Waals surface area (Å²) < 4.78 is 0. The maximum Gasteiger partial charge on any atom is 0.249 e. The molecule has 1 saturated carbocycles. The zero-order chi connectivity index (χ0) is 16.2. The third-order valence-electron chi connectivity index (χ3n) is 5.27. The number of imide groups is 1. The molecule has 2 aliphatic heterocycles. The van der Waals surface area contributed by atoms with Gasteiger partial charge in [0.1, 0.15) is 6.04 Å². The molecule has 3 aliphatic rings. The Hall–Kier alpha value is -2.17. The molecular formula is C18H20N2O3. The number of fused-ring (bicyclic) bond motifs is 2. The van der Waals surface area contributed by atoms with Crippen LogP contribution >= 0.6 is 0 Å². The van der Waals surface area contributed by atoms with E-state index < -0.39 is 11.5 Å². The summed E-state index contributed by atoms with van der Waals surface area (Å²) in [5.41, 5.74) is 2.79. The van der Waals surface area contributed by atoms with Crippen molar-refractivity contribution >= 4 is 23.4 Å². The van der Waals surface area contributed by atoms with E-state index in [4.69, 9.17) is 0 Å². The van der Waals surface area contributed by atoms with Crippen LogP contribution in [0.2, 0.25) is 0 Å². The number of benzene rings is 1. The lowest BCUT2D eigenvalue weighted by molar-refractivity contribution is -0.135. The second-order valence-corrected chi connectivity index (χ2v) is 6.83. The summed E-state index contributed by atoms with van der Waals surface area (Å²) in [6.07, 6.45) is 4.47. The average Bonchev–Trinajstić information content (AvgIpc) is 3.28. The average molecular weight is 312 g/mol. The number of carbonyl (C=O) groups excluding carboxylic acids is 3. The molecule has 1 atom stereocenters. The predicted molar refractivity (Wildman–Crippen MR) is 85.0 cm³/mol. The lowest BCUT2D eigenvalue weighted by atomic mass is 9.95. The Balaban J connectivity index is 1.74. The fourth-order valence-electron chi connectivity index (χ4n) is 3.92. The van der Waals surface area contributed by atoms with Gasteiger partial charge in [0.15, 0.2) is 0 Å². The summed E-state index contributed by atoms with van der Waals surface area (Å²) >= 11 is 0. The zero-order valence-electron chi connectivity index (χ0n) is 13.2. The van der Waals surface area contributed by atoms with Crippen molar-refractivity contribution in [3.8, 4) is 0 Å². The Morgan fingerprint density at radius 3 is 2.70 bits per heavy atom. The molecule has 0 aromatic heterocycles. The van der Waals surface area contributed by atoms with Crippen molar-refractivity contribution in [1.29, 1.82) is 0 Å². The largest absolute Gasteiger partial charge is 0.299 e. The van der Waals surface area contributed by atoms with Crippen LogP contribution in [0.4, 0.5) is 5.69 Å². The van der Waals surface area contributed by atoms with Crippen molar-refractivity contribution in [3.63, 3.8) is 0 Å². The highest BCUT2D eigenvalue weighted by atomic mass is 16.2. The van der Waals surface area contributed by atoms with E-state index in [-0.39, 0.29) is 24.1 Å². The minimum absolute atomic E-state index is 0.0376. The zero-order valence-corrected chi connectivity index (χ0v) is 13.2. The van der Waals surface area contributed by atoms with Crippen LogP contribution in [0.25, 0.3) is 0 Å². The third-order valence-corrected chi connectivity index (χ3v) is 5.27. The number of nitrogens with one attached hydrogen (secondary N) is 1. The molecule has 1 unspecified atom stereocenters. The highest BCUT2D eigenvalue weighted by Crippen LogP contribution is 2.58. The van der Waals surface area contributed by atoms with Gasteiger partial charge in [-0.15, -0.1) is 0 Å². The highest BCUT2D eigenvalue weighted by molar-refractivity contribution is 6.15. The van der Waals surface area contributed by atoms with E-state index in [1.165, 1.54) is 5.56 Å². The Morgan fingerprint density at radius 2 is 2.04 bits per heavy atom. The highest BCUT2D eigenvalue weighted by Gasteiger charge is 2.61. The third kappa shape index (κ3) is 2.02. The maximum absolute atomic E-state index is 13.0. The van der Waals surface area contributed by atoms with Crippen LogP contribution in [-0.2, 0) is 26.2 Å². The Bertz CT molecular complexity index is 721. The molecule has 4 rings (SSSR count). The van der Waals surface area contributed by atoms with Crippen molar-refractivity contribution < 1.29 is 14.4 Å².